The van der Waals surface area contributed by atoms with Gasteiger partial charge in [0.2, 0.25) is 0 Å². The molecule has 19 heavy (non-hydrogen) atoms. The number of aromatic carboxylic acids is 1. The third-order valence-corrected chi connectivity index (χ3v) is 3.74. The smallest absolute Gasteiger partial charge is 0.335 e. The van der Waals surface area contributed by atoms with E-state index in [4.69, 9.17) is 5.11 Å². The number of carboxylic acid groups (broad SMARTS) is 1. The molecule has 104 valence electrons. The number of nitrogens with zero attached hydrogens (tertiary/aromatic N) is 2. The molecule has 0 bridgehead atoms. The Hall–Kier alpha value is -1.39. The van der Waals surface area contributed by atoms with Gasteiger partial charge in [-0.1, -0.05) is 12.1 Å². The lowest BCUT2D eigenvalue weighted by molar-refractivity contribution is 0.0697. The van der Waals surface area contributed by atoms with Crippen molar-refractivity contribution in [3.05, 3.63) is 35.4 Å². The van der Waals surface area contributed by atoms with E-state index in [0.29, 0.717) is 11.6 Å². The van der Waals surface area contributed by atoms with Crippen molar-refractivity contribution in [3.63, 3.8) is 0 Å². The van der Waals surface area contributed by atoms with Crippen LogP contribution in [0.1, 0.15) is 34.8 Å². The molecule has 1 fully saturated rings. The predicted octanol–water partition coefficient (Wildman–Crippen LogP) is 2.08. The molecule has 0 saturated carbocycles. The number of rotatable bonds is 5. The molecule has 1 heterocycles. The molecule has 0 amide bonds. The van der Waals surface area contributed by atoms with Gasteiger partial charge in [-0.25, -0.2) is 4.79 Å². The Morgan fingerprint density at radius 3 is 2.63 bits per heavy atom. The van der Waals surface area contributed by atoms with Gasteiger partial charge in [0.05, 0.1) is 5.56 Å². The zero-order chi connectivity index (χ0) is 13.8. The fraction of sp³-hybridized carbons (Fsp3) is 0.533. The van der Waals surface area contributed by atoms with Crippen molar-refractivity contribution in [2.45, 2.75) is 18.9 Å². The summed E-state index contributed by atoms with van der Waals surface area (Å²) in [5.74, 6) is -0.859. The van der Waals surface area contributed by atoms with Crippen LogP contribution in [0.3, 0.4) is 0 Å². The highest BCUT2D eigenvalue weighted by atomic mass is 16.4. The van der Waals surface area contributed by atoms with Crippen molar-refractivity contribution in [3.8, 4) is 0 Å². The SMILES string of the molecule is CN(C)CCN1CCCC1c1ccc(C(=O)O)cc1. The first-order valence-electron chi connectivity index (χ1n) is 6.80. The van der Waals surface area contributed by atoms with Crippen LogP contribution in [0.5, 0.6) is 0 Å². The van der Waals surface area contributed by atoms with Crippen LogP contribution in [0, 0.1) is 0 Å². The summed E-state index contributed by atoms with van der Waals surface area (Å²) in [4.78, 5) is 15.6. The Balaban J connectivity index is 2.04. The van der Waals surface area contributed by atoms with Gasteiger partial charge in [0.1, 0.15) is 0 Å². The van der Waals surface area contributed by atoms with Crippen molar-refractivity contribution in [2.75, 3.05) is 33.7 Å². The van der Waals surface area contributed by atoms with E-state index in [1.807, 2.05) is 12.1 Å². The maximum Gasteiger partial charge on any atom is 0.335 e. The summed E-state index contributed by atoms with van der Waals surface area (Å²) in [6, 6.07) is 7.78. The number of likely N-dealkylation sites (N-methyl/N-ethyl adjacent to an activating group) is 1. The molecule has 4 heteroatoms. The quantitative estimate of drug-likeness (QED) is 0.882. The molecule has 0 aromatic heterocycles. The maximum absolute atomic E-state index is 10.9. The average molecular weight is 262 g/mol. The summed E-state index contributed by atoms with van der Waals surface area (Å²) in [7, 11) is 4.18. The standard InChI is InChI=1S/C15H22N2O2/c1-16(2)10-11-17-9-3-4-14(17)12-5-7-13(8-6-12)15(18)19/h5-8,14H,3-4,9-11H2,1-2H3,(H,18,19). The Morgan fingerprint density at radius 2 is 2.05 bits per heavy atom. The third kappa shape index (κ3) is 3.55. The minimum Gasteiger partial charge on any atom is -0.478 e. The number of likely N-dealkylation sites (tertiary alicyclic amines) is 1. The van der Waals surface area contributed by atoms with Crippen molar-refractivity contribution in [1.82, 2.24) is 9.80 Å². The second-order valence-electron chi connectivity index (χ2n) is 5.42. The lowest BCUT2D eigenvalue weighted by Crippen LogP contribution is -2.31. The van der Waals surface area contributed by atoms with Gasteiger partial charge in [-0.15, -0.1) is 0 Å². The minimum atomic E-state index is -0.859. The molecule has 1 aromatic carbocycles. The second-order valence-corrected chi connectivity index (χ2v) is 5.42. The van der Waals surface area contributed by atoms with Gasteiger partial charge < -0.3 is 10.0 Å². The van der Waals surface area contributed by atoms with Gasteiger partial charge in [0.15, 0.2) is 0 Å². The average Bonchev–Trinajstić information content (AvgIpc) is 2.84. The third-order valence-electron chi connectivity index (χ3n) is 3.74. The number of hydrogen-bond acceptors (Lipinski definition) is 3. The van der Waals surface area contributed by atoms with E-state index in [1.54, 1.807) is 12.1 Å². The van der Waals surface area contributed by atoms with Gasteiger partial charge in [0.25, 0.3) is 0 Å². The van der Waals surface area contributed by atoms with Gasteiger partial charge in [-0.3, -0.25) is 4.90 Å². The van der Waals surface area contributed by atoms with Crippen LogP contribution in [0.15, 0.2) is 24.3 Å². The van der Waals surface area contributed by atoms with Crippen LogP contribution in [-0.4, -0.2) is 54.6 Å². The summed E-state index contributed by atoms with van der Waals surface area (Å²) in [6.45, 7) is 3.27. The topological polar surface area (TPSA) is 43.8 Å². The minimum absolute atomic E-state index is 0.363. The highest BCUT2D eigenvalue weighted by molar-refractivity contribution is 5.87. The maximum atomic E-state index is 10.9. The number of hydrogen-bond donors (Lipinski definition) is 1. The van der Waals surface area contributed by atoms with Crippen LogP contribution in [0.25, 0.3) is 0 Å². The van der Waals surface area contributed by atoms with E-state index in [2.05, 4.69) is 23.9 Å². The molecule has 4 nitrogen and oxygen atoms in total. The van der Waals surface area contributed by atoms with Crippen LogP contribution in [0.2, 0.25) is 0 Å². The summed E-state index contributed by atoms with van der Waals surface area (Å²) < 4.78 is 0. The predicted molar refractivity (Wildman–Crippen MR) is 75.5 cm³/mol. The Bertz CT molecular complexity index is 428. The van der Waals surface area contributed by atoms with Crippen LogP contribution in [-0.2, 0) is 0 Å². The van der Waals surface area contributed by atoms with Gasteiger partial charge in [-0.2, -0.15) is 0 Å². The number of benzene rings is 1. The molecule has 1 saturated heterocycles. The molecule has 0 spiro atoms. The van der Waals surface area contributed by atoms with Crippen molar-refractivity contribution in [2.24, 2.45) is 0 Å². The fourth-order valence-corrected chi connectivity index (χ4v) is 2.65. The van der Waals surface area contributed by atoms with E-state index in [9.17, 15) is 4.79 Å². The highest BCUT2D eigenvalue weighted by Gasteiger charge is 2.25. The fourth-order valence-electron chi connectivity index (χ4n) is 2.65. The Kier molecular flexibility index (Phi) is 4.56. The first-order chi connectivity index (χ1) is 9.08. The summed E-state index contributed by atoms with van der Waals surface area (Å²) >= 11 is 0. The molecule has 1 atom stereocenters. The zero-order valence-corrected chi connectivity index (χ0v) is 11.7. The largest absolute Gasteiger partial charge is 0.478 e. The lowest BCUT2D eigenvalue weighted by atomic mass is 10.0. The molecule has 1 unspecified atom stereocenters. The highest BCUT2D eigenvalue weighted by Crippen LogP contribution is 2.31. The van der Waals surface area contributed by atoms with Gasteiger partial charge in [0, 0.05) is 19.1 Å². The van der Waals surface area contributed by atoms with E-state index >= 15 is 0 Å². The van der Waals surface area contributed by atoms with E-state index in [0.717, 1.165) is 19.6 Å². The Labute approximate surface area is 114 Å². The number of carbonyl (C=O) groups is 1. The van der Waals surface area contributed by atoms with Crippen molar-refractivity contribution in [1.29, 1.82) is 0 Å². The molecule has 1 aromatic rings. The summed E-state index contributed by atoms with van der Waals surface area (Å²) in [5, 5.41) is 8.92. The zero-order valence-electron chi connectivity index (χ0n) is 11.7. The Morgan fingerprint density at radius 1 is 1.37 bits per heavy atom. The summed E-state index contributed by atoms with van der Waals surface area (Å²) in [6.07, 6.45) is 2.39. The van der Waals surface area contributed by atoms with Crippen LogP contribution < -0.4 is 0 Å². The molecular formula is C15H22N2O2. The first kappa shape index (κ1) is 14.0. The lowest BCUT2D eigenvalue weighted by Gasteiger charge is -2.26. The van der Waals surface area contributed by atoms with E-state index in [1.165, 1.54) is 18.4 Å². The first-order valence-corrected chi connectivity index (χ1v) is 6.80. The molecule has 1 N–H and O–H groups in total. The molecule has 1 aliphatic heterocycles. The summed E-state index contributed by atoms with van der Waals surface area (Å²) in [5.41, 5.74) is 1.60. The van der Waals surface area contributed by atoms with Crippen LogP contribution >= 0.6 is 0 Å². The van der Waals surface area contributed by atoms with Gasteiger partial charge >= 0.3 is 5.97 Å². The second kappa shape index (κ2) is 6.17. The van der Waals surface area contributed by atoms with Crippen molar-refractivity contribution >= 4 is 5.97 Å². The van der Waals surface area contributed by atoms with Crippen molar-refractivity contribution < 1.29 is 9.90 Å². The molecule has 0 aliphatic carbocycles. The molecule has 2 rings (SSSR count). The van der Waals surface area contributed by atoms with E-state index < -0.39 is 5.97 Å². The van der Waals surface area contributed by atoms with E-state index in [-0.39, 0.29) is 0 Å². The monoisotopic (exact) mass is 262 g/mol. The number of carboxylic acids is 1. The molecule has 0 radical (unpaired) electrons. The normalized spacial score (nSPS) is 20.1. The van der Waals surface area contributed by atoms with Gasteiger partial charge in [-0.05, 0) is 51.2 Å². The molecule has 1 aliphatic rings. The van der Waals surface area contributed by atoms with Crippen LogP contribution in [0.4, 0.5) is 0 Å². The molecular weight excluding hydrogens is 240 g/mol.